The van der Waals surface area contributed by atoms with Gasteiger partial charge in [-0.2, -0.15) is 0 Å². The highest BCUT2D eigenvalue weighted by Crippen LogP contribution is 2.26. The Morgan fingerprint density at radius 1 is 1.83 bits per heavy atom. The first kappa shape index (κ1) is 9.19. The first-order valence-corrected chi connectivity index (χ1v) is 4.67. The monoisotopic (exact) mass is 185 g/mol. The van der Waals surface area contributed by atoms with Gasteiger partial charge in [0.25, 0.3) is 0 Å². The van der Waals surface area contributed by atoms with Crippen molar-refractivity contribution in [3.8, 4) is 0 Å². The lowest BCUT2D eigenvalue weighted by atomic mass is 10.0. The topological polar surface area (TPSA) is 50.2 Å². The molecule has 1 aromatic rings. The summed E-state index contributed by atoms with van der Waals surface area (Å²) in [5, 5.41) is 8.85. The summed E-state index contributed by atoms with van der Waals surface area (Å²) in [5.41, 5.74) is 2.53. The number of aliphatic carboxylic acids is 1. The molecule has 1 aromatic heterocycles. The quantitative estimate of drug-likeness (QED) is 0.783. The summed E-state index contributed by atoms with van der Waals surface area (Å²) in [6.07, 6.45) is 0.623. The van der Waals surface area contributed by atoms with Crippen molar-refractivity contribution >= 4 is 17.3 Å². The maximum absolute atomic E-state index is 10.8. The van der Waals surface area contributed by atoms with Crippen LogP contribution < -0.4 is 0 Å². The summed E-state index contributed by atoms with van der Waals surface area (Å²) >= 11 is 1.42. The first-order valence-electron chi connectivity index (χ1n) is 3.79. The van der Waals surface area contributed by atoms with E-state index in [9.17, 15) is 4.79 Å². The van der Waals surface area contributed by atoms with E-state index in [4.69, 9.17) is 5.11 Å². The molecule has 3 nitrogen and oxygen atoms in total. The van der Waals surface area contributed by atoms with Crippen LogP contribution in [-0.2, 0) is 4.79 Å². The largest absolute Gasteiger partial charge is 0.481 e. The van der Waals surface area contributed by atoms with Gasteiger partial charge in [-0.15, -0.1) is 11.3 Å². The number of carbonyl (C=O) groups is 1. The van der Waals surface area contributed by atoms with Crippen LogP contribution in [-0.4, -0.2) is 16.1 Å². The Hall–Kier alpha value is -0.900. The van der Waals surface area contributed by atoms with Crippen molar-refractivity contribution in [2.45, 2.75) is 26.2 Å². The van der Waals surface area contributed by atoms with Gasteiger partial charge in [0, 0.05) is 4.88 Å². The maximum atomic E-state index is 10.8. The van der Waals surface area contributed by atoms with Crippen molar-refractivity contribution in [2.75, 3.05) is 0 Å². The third-order valence-electron chi connectivity index (χ3n) is 1.81. The van der Waals surface area contributed by atoms with Crippen LogP contribution in [0.2, 0.25) is 0 Å². The molecule has 0 fully saturated rings. The lowest BCUT2D eigenvalue weighted by Gasteiger charge is -2.06. The van der Waals surface area contributed by atoms with Crippen LogP contribution in [0.15, 0.2) is 5.51 Å². The summed E-state index contributed by atoms with van der Waals surface area (Å²) in [6.45, 7) is 3.72. The molecular weight excluding hydrogens is 174 g/mol. The predicted octanol–water partition coefficient (Wildman–Crippen LogP) is 2.03. The van der Waals surface area contributed by atoms with Crippen LogP contribution in [0.25, 0.3) is 0 Å². The molecule has 1 unspecified atom stereocenters. The number of rotatable bonds is 3. The Balaban J connectivity index is 2.94. The van der Waals surface area contributed by atoms with Crippen LogP contribution in [0.1, 0.15) is 29.8 Å². The molecule has 4 heteroatoms. The van der Waals surface area contributed by atoms with E-state index in [-0.39, 0.29) is 5.92 Å². The third-order valence-corrected chi connectivity index (χ3v) is 2.85. The molecule has 66 valence electrons. The average Bonchev–Trinajstić information content (AvgIpc) is 2.38. The van der Waals surface area contributed by atoms with Crippen LogP contribution in [0, 0.1) is 6.92 Å². The summed E-state index contributed by atoms with van der Waals surface area (Å²) in [7, 11) is 0. The van der Waals surface area contributed by atoms with E-state index in [2.05, 4.69) is 4.98 Å². The highest BCUT2D eigenvalue weighted by Gasteiger charge is 2.20. The van der Waals surface area contributed by atoms with E-state index < -0.39 is 5.97 Å². The fraction of sp³-hybridized carbons (Fsp3) is 0.500. The number of hydrogen-bond acceptors (Lipinski definition) is 3. The number of aryl methyl sites for hydroxylation is 1. The molecule has 0 saturated heterocycles. The molecule has 0 radical (unpaired) electrons. The number of thiazole rings is 1. The first-order chi connectivity index (χ1) is 5.66. The van der Waals surface area contributed by atoms with Gasteiger partial charge in [-0.1, -0.05) is 6.92 Å². The van der Waals surface area contributed by atoms with Crippen LogP contribution in [0.3, 0.4) is 0 Å². The summed E-state index contributed by atoms with van der Waals surface area (Å²) in [4.78, 5) is 15.7. The van der Waals surface area contributed by atoms with Crippen molar-refractivity contribution in [1.82, 2.24) is 4.98 Å². The smallest absolute Gasteiger partial charge is 0.311 e. The van der Waals surface area contributed by atoms with E-state index in [0.29, 0.717) is 6.42 Å². The van der Waals surface area contributed by atoms with Crippen LogP contribution in [0.5, 0.6) is 0 Å². The van der Waals surface area contributed by atoms with Gasteiger partial charge in [0.1, 0.15) is 0 Å². The van der Waals surface area contributed by atoms with Crippen molar-refractivity contribution in [3.63, 3.8) is 0 Å². The Morgan fingerprint density at radius 2 is 2.50 bits per heavy atom. The van der Waals surface area contributed by atoms with E-state index in [1.54, 1.807) is 5.51 Å². The number of nitrogens with zero attached hydrogens (tertiary/aromatic N) is 1. The summed E-state index contributed by atoms with van der Waals surface area (Å²) < 4.78 is 0. The van der Waals surface area contributed by atoms with Gasteiger partial charge in [0.05, 0.1) is 17.1 Å². The second-order valence-electron chi connectivity index (χ2n) is 2.60. The number of hydrogen-bond donors (Lipinski definition) is 1. The van der Waals surface area contributed by atoms with E-state index in [0.717, 1.165) is 10.6 Å². The normalized spacial score (nSPS) is 12.8. The summed E-state index contributed by atoms with van der Waals surface area (Å²) in [5.74, 6) is -1.14. The van der Waals surface area contributed by atoms with Crippen molar-refractivity contribution < 1.29 is 9.90 Å². The molecular formula is C8H11NO2S. The fourth-order valence-corrected chi connectivity index (χ4v) is 2.10. The molecule has 12 heavy (non-hydrogen) atoms. The predicted molar refractivity (Wildman–Crippen MR) is 47.5 cm³/mol. The molecule has 0 amide bonds. The van der Waals surface area contributed by atoms with E-state index in [1.165, 1.54) is 11.3 Å². The molecule has 1 rings (SSSR count). The Labute approximate surface area is 75.1 Å². The van der Waals surface area contributed by atoms with Gasteiger partial charge < -0.3 is 5.11 Å². The SMILES string of the molecule is CCC(C(=O)O)c1scnc1C. The second-order valence-corrected chi connectivity index (χ2v) is 3.49. The highest BCUT2D eigenvalue weighted by atomic mass is 32.1. The van der Waals surface area contributed by atoms with Gasteiger partial charge >= 0.3 is 5.97 Å². The fourth-order valence-electron chi connectivity index (χ4n) is 1.12. The molecule has 0 aliphatic heterocycles. The Kier molecular flexibility index (Phi) is 2.81. The zero-order valence-corrected chi connectivity index (χ0v) is 7.89. The van der Waals surface area contributed by atoms with Gasteiger partial charge in [-0.25, -0.2) is 4.98 Å². The maximum Gasteiger partial charge on any atom is 0.311 e. The Bertz CT molecular complexity index is 282. The Morgan fingerprint density at radius 3 is 2.83 bits per heavy atom. The molecule has 0 aliphatic rings. The number of carboxylic acid groups (broad SMARTS) is 1. The lowest BCUT2D eigenvalue weighted by molar-refractivity contribution is -0.138. The molecule has 0 spiro atoms. The minimum absolute atomic E-state index is 0.377. The second kappa shape index (κ2) is 3.67. The standard InChI is InChI=1S/C8H11NO2S/c1-3-6(8(10)11)7-5(2)9-4-12-7/h4,6H,3H2,1-2H3,(H,10,11). The molecule has 0 saturated carbocycles. The highest BCUT2D eigenvalue weighted by molar-refractivity contribution is 7.10. The van der Waals surface area contributed by atoms with Crippen molar-refractivity contribution in [2.24, 2.45) is 0 Å². The average molecular weight is 185 g/mol. The molecule has 0 bridgehead atoms. The zero-order chi connectivity index (χ0) is 9.14. The number of carboxylic acids is 1. The van der Waals surface area contributed by atoms with E-state index >= 15 is 0 Å². The zero-order valence-electron chi connectivity index (χ0n) is 7.07. The number of aromatic nitrogens is 1. The molecule has 1 atom stereocenters. The van der Waals surface area contributed by atoms with Gasteiger partial charge in [-0.3, -0.25) is 4.79 Å². The van der Waals surface area contributed by atoms with Crippen molar-refractivity contribution in [3.05, 3.63) is 16.1 Å². The van der Waals surface area contributed by atoms with E-state index in [1.807, 2.05) is 13.8 Å². The molecule has 1 heterocycles. The third kappa shape index (κ3) is 1.64. The van der Waals surface area contributed by atoms with Gasteiger partial charge in [0.2, 0.25) is 0 Å². The van der Waals surface area contributed by atoms with Crippen LogP contribution in [0.4, 0.5) is 0 Å². The van der Waals surface area contributed by atoms with Crippen molar-refractivity contribution in [1.29, 1.82) is 0 Å². The van der Waals surface area contributed by atoms with Crippen LogP contribution >= 0.6 is 11.3 Å². The molecule has 0 aromatic carbocycles. The minimum atomic E-state index is -0.759. The summed E-state index contributed by atoms with van der Waals surface area (Å²) in [6, 6.07) is 0. The lowest BCUT2D eigenvalue weighted by Crippen LogP contribution is -2.09. The molecule has 0 aliphatic carbocycles. The molecule has 1 N–H and O–H groups in total. The van der Waals surface area contributed by atoms with Gasteiger partial charge in [0.15, 0.2) is 0 Å². The minimum Gasteiger partial charge on any atom is -0.481 e. The van der Waals surface area contributed by atoms with Gasteiger partial charge in [-0.05, 0) is 13.3 Å².